The van der Waals surface area contributed by atoms with Crippen LogP contribution in [0, 0.1) is 5.92 Å². The molecule has 0 bridgehead atoms. The van der Waals surface area contributed by atoms with Gasteiger partial charge in [-0.3, -0.25) is 14.4 Å². The van der Waals surface area contributed by atoms with Gasteiger partial charge in [0.1, 0.15) is 0 Å². The van der Waals surface area contributed by atoms with Crippen LogP contribution < -0.4 is 11.1 Å². The van der Waals surface area contributed by atoms with Crippen molar-refractivity contribution in [1.29, 1.82) is 0 Å². The van der Waals surface area contributed by atoms with Crippen LogP contribution in [0.1, 0.15) is 33.1 Å². The molecule has 0 rings (SSSR count). The fourth-order valence-electron chi connectivity index (χ4n) is 1.39. The minimum Gasteiger partial charge on any atom is -0.481 e. The summed E-state index contributed by atoms with van der Waals surface area (Å²) in [6, 6.07) is -0.643. The Morgan fingerprint density at radius 2 is 1.88 bits per heavy atom. The third kappa shape index (κ3) is 6.01. The average molecular weight is 244 g/mol. The quantitative estimate of drug-likeness (QED) is 0.552. The van der Waals surface area contributed by atoms with Gasteiger partial charge in [0.15, 0.2) is 5.78 Å². The molecule has 0 spiro atoms. The first-order valence-corrected chi connectivity index (χ1v) is 5.66. The van der Waals surface area contributed by atoms with E-state index in [2.05, 4.69) is 5.32 Å². The second-order valence-corrected chi connectivity index (χ2v) is 3.99. The number of amides is 1. The van der Waals surface area contributed by atoms with Crippen LogP contribution in [0.4, 0.5) is 0 Å². The SMILES string of the molecule is CC[C@H](C)[C@H](NC(=O)CN)C(=O)CCC(=O)O. The van der Waals surface area contributed by atoms with Gasteiger partial charge in [0, 0.05) is 6.42 Å². The highest BCUT2D eigenvalue weighted by molar-refractivity contribution is 5.91. The van der Waals surface area contributed by atoms with E-state index < -0.39 is 17.9 Å². The molecule has 4 N–H and O–H groups in total. The number of hydrogen-bond acceptors (Lipinski definition) is 4. The van der Waals surface area contributed by atoms with Crippen LogP contribution in [0.15, 0.2) is 0 Å². The predicted molar refractivity (Wildman–Crippen MR) is 62.3 cm³/mol. The average Bonchev–Trinajstić information content (AvgIpc) is 2.31. The Hall–Kier alpha value is -1.43. The van der Waals surface area contributed by atoms with Gasteiger partial charge in [0.05, 0.1) is 19.0 Å². The number of nitrogens with two attached hydrogens (primary N) is 1. The minimum absolute atomic E-state index is 0.0354. The number of carboxylic acid groups (broad SMARTS) is 1. The first-order chi connectivity index (χ1) is 7.92. The fraction of sp³-hybridized carbons (Fsp3) is 0.727. The van der Waals surface area contributed by atoms with Gasteiger partial charge < -0.3 is 16.2 Å². The summed E-state index contributed by atoms with van der Waals surface area (Å²) in [5.41, 5.74) is 5.17. The number of nitrogens with one attached hydrogen (secondary N) is 1. The first-order valence-electron chi connectivity index (χ1n) is 5.66. The van der Waals surface area contributed by atoms with Crippen LogP contribution in [0.2, 0.25) is 0 Å². The second-order valence-electron chi connectivity index (χ2n) is 3.99. The standard InChI is InChI=1S/C11H20N2O4/c1-3-7(2)11(13-9(15)6-12)8(14)4-5-10(16)17/h7,11H,3-6,12H2,1-2H3,(H,13,15)(H,16,17)/t7-,11-/m0/s1. The largest absolute Gasteiger partial charge is 0.481 e. The van der Waals surface area contributed by atoms with Gasteiger partial charge in [0.2, 0.25) is 5.91 Å². The van der Waals surface area contributed by atoms with Crippen LogP contribution in [0.5, 0.6) is 0 Å². The fourth-order valence-corrected chi connectivity index (χ4v) is 1.39. The van der Waals surface area contributed by atoms with Gasteiger partial charge in [-0.05, 0) is 5.92 Å². The Morgan fingerprint density at radius 1 is 1.29 bits per heavy atom. The van der Waals surface area contributed by atoms with Crippen molar-refractivity contribution in [1.82, 2.24) is 5.32 Å². The summed E-state index contributed by atoms with van der Waals surface area (Å²) in [4.78, 5) is 33.3. The molecule has 0 aromatic carbocycles. The van der Waals surface area contributed by atoms with Gasteiger partial charge in [0.25, 0.3) is 0 Å². The summed E-state index contributed by atoms with van der Waals surface area (Å²) >= 11 is 0. The maximum atomic E-state index is 11.8. The summed E-state index contributed by atoms with van der Waals surface area (Å²) in [6.07, 6.45) is 0.424. The normalized spacial score (nSPS) is 13.8. The van der Waals surface area contributed by atoms with Crippen molar-refractivity contribution in [3.8, 4) is 0 Å². The summed E-state index contributed by atoms with van der Waals surface area (Å²) in [5, 5.41) is 11.0. The summed E-state index contributed by atoms with van der Waals surface area (Å²) < 4.78 is 0. The van der Waals surface area contributed by atoms with E-state index in [1.54, 1.807) is 0 Å². The summed E-state index contributed by atoms with van der Waals surface area (Å²) in [6.45, 7) is 3.55. The number of carbonyl (C=O) groups is 3. The van der Waals surface area contributed by atoms with E-state index in [0.717, 1.165) is 0 Å². The molecule has 0 unspecified atom stereocenters. The molecule has 0 radical (unpaired) electrons. The van der Waals surface area contributed by atoms with Gasteiger partial charge in [-0.15, -0.1) is 0 Å². The molecule has 0 aromatic rings. The van der Waals surface area contributed by atoms with Crippen LogP contribution in [0.3, 0.4) is 0 Å². The maximum absolute atomic E-state index is 11.8. The van der Waals surface area contributed by atoms with Crippen LogP contribution in [-0.2, 0) is 14.4 Å². The molecule has 2 atom stereocenters. The number of hydrogen-bond donors (Lipinski definition) is 3. The molecule has 0 aromatic heterocycles. The van der Waals surface area contributed by atoms with Crippen LogP contribution >= 0.6 is 0 Å². The smallest absolute Gasteiger partial charge is 0.303 e. The zero-order valence-electron chi connectivity index (χ0n) is 10.2. The highest BCUT2D eigenvalue weighted by Gasteiger charge is 2.25. The molecular formula is C11H20N2O4. The number of carbonyl (C=O) groups excluding carboxylic acids is 2. The highest BCUT2D eigenvalue weighted by atomic mass is 16.4. The minimum atomic E-state index is -1.02. The van der Waals surface area contributed by atoms with Crippen LogP contribution in [0.25, 0.3) is 0 Å². The predicted octanol–water partition coefficient (Wildman–Crippen LogP) is -0.0901. The molecule has 98 valence electrons. The van der Waals surface area contributed by atoms with Crippen molar-refractivity contribution in [2.45, 2.75) is 39.2 Å². The molecular weight excluding hydrogens is 224 g/mol. The molecule has 0 saturated heterocycles. The monoisotopic (exact) mass is 244 g/mol. The molecule has 0 aliphatic carbocycles. The van der Waals surface area contributed by atoms with Gasteiger partial charge in [-0.1, -0.05) is 20.3 Å². The summed E-state index contributed by atoms with van der Waals surface area (Å²) in [5.74, 6) is -1.72. The molecule has 1 amide bonds. The third-order valence-corrected chi connectivity index (χ3v) is 2.65. The van der Waals surface area contributed by atoms with Gasteiger partial charge >= 0.3 is 5.97 Å². The maximum Gasteiger partial charge on any atom is 0.303 e. The number of rotatable bonds is 8. The molecule has 17 heavy (non-hydrogen) atoms. The molecule has 0 heterocycles. The van der Waals surface area contributed by atoms with Crippen molar-refractivity contribution >= 4 is 17.7 Å². The molecule has 0 fully saturated rings. The Balaban J connectivity index is 4.50. The van der Waals surface area contributed by atoms with Gasteiger partial charge in [-0.25, -0.2) is 0 Å². The number of aliphatic carboxylic acids is 1. The van der Waals surface area contributed by atoms with E-state index >= 15 is 0 Å². The Morgan fingerprint density at radius 3 is 2.29 bits per heavy atom. The first kappa shape index (κ1) is 15.6. The van der Waals surface area contributed by atoms with E-state index in [-0.39, 0.29) is 31.1 Å². The molecule has 0 aliphatic rings. The van der Waals surface area contributed by atoms with Crippen LogP contribution in [-0.4, -0.2) is 35.4 Å². The Kier molecular flexibility index (Phi) is 7.13. The lowest BCUT2D eigenvalue weighted by molar-refractivity contribution is -0.139. The molecule has 6 heteroatoms. The lowest BCUT2D eigenvalue weighted by Gasteiger charge is -2.22. The van der Waals surface area contributed by atoms with Crippen molar-refractivity contribution in [2.24, 2.45) is 11.7 Å². The van der Waals surface area contributed by atoms with E-state index in [4.69, 9.17) is 10.8 Å². The van der Waals surface area contributed by atoms with Crippen molar-refractivity contribution in [3.05, 3.63) is 0 Å². The molecule has 6 nitrogen and oxygen atoms in total. The Labute approximate surface area is 101 Å². The number of carboxylic acids is 1. The van der Waals surface area contributed by atoms with E-state index in [9.17, 15) is 14.4 Å². The lowest BCUT2D eigenvalue weighted by atomic mass is 9.93. The van der Waals surface area contributed by atoms with E-state index in [1.165, 1.54) is 0 Å². The van der Waals surface area contributed by atoms with Gasteiger partial charge in [-0.2, -0.15) is 0 Å². The number of Topliss-reactive ketones (excluding diaryl/α,β-unsaturated/α-hetero) is 1. The topological polar surface area (TPSA) is 109 Å². The van der Waals surface area contributed by atoms with Crippen molar-refractivity contribution < 1.29 is 19.5 Å². The highest BCUT2D eigenvalue weighted by Crippen LogP contribution is 2.11. The third-order valence-electron chi connectivity index (χ3n) is 2.65. The zero-order chi connectivity index (χ0) is 13.4. The molecule has 0 aliphatic heterocycles. The zero-order valence-corrected chi connectivity index (χ0v) is 10.2. The lowest BCUT2D eigenvalue weighted by Crippen LogP contribution is -2.47. The number of ketones is 1. The second kappa shape index (κ2) is 7.78. The summed E-state index contributed by atoms with van der Waals surface area (Å²) in [7, 11) is 0. The Bertz CT molecular complexity index is 291. The molecule has 0 saturated carbocycles. The van der Waals surface area contributed by atoms with E-state index in [1.807, 2.05) is 13.8 Å². The van der Waals surface area contributed by atoms with Crippen molar-refractivity contribution in [2.75, 3.05) is 6.54 Å². The van der Waals surface area contributed by atoms with E-state index in [0.29, 0.717) is 6.42 Å². The van der Waals surface area contributed by atoms with Crippen molar-refractivity contribution in [3.63, 3.8) is 0 Å².